The number of nitroso groups, excluding NO2 is 1. The van der Waals surface area contributed by atoms with Crippen molar-refractivity contribution >= 4 is 5.91 Å². The fourth-order valence-corrected chi connectivity index (χ4v) is 1.26. The maximum absolute atomic E-state index is 11.4. The molecule has 0 aliphatic rings. The van der Waals surface area contributed by atoms with E-state index >= 15 is 0 Å². The van der Waals surface area contributed by atoms with Gasteiger partial charge in [0.1, 0.15) is 0 Å². The van der Waals surface area contributed by atoms with Crippen LogP contribution in [0.1, 0.15) is 25.3 Å². The van der Waals surface area contributed by atoms with Crippen molar-refractivity contribution < 1.29 is 4.79 Å². The van der Waals surface area contributed by atoms with Crippen LogP contribution in [0, 0.1) is 4.91 Å². The maximum Gasteiger partial charge on any atom is 0.245 e. The number of hydrogen-bond donors (Lipinski definition) is 0. The van der Waals surface area contributed by atoms with E-state index in [1.54, 1.807) is 0 Å². The smallest absolute Gasteiger partial charge is 0.245 e. The fraction of sp³-hybridized carbons (Fsp3) is 0.364. The minimum atomic E-state index is -0.226. The van der Waals surface area contributed by atoms with Gasteiger partial charge in [-0.3, -0.25) is 4.79 Å². The van der Waals surface area contributed by atoms with Crippen LogP contribution in [0.4, 0.5) is 0 Å². The van der Waals surface area contributed by atoms with Crippen molar-refractivity contribution in [1.82, 2.24) is 5.01 Å². The van der Waals surface area contributed by atoms with Crippen molar-refractivity contribution in [3.8, 4) is 0 Å². The molecule has 0 fully saturated rings. The lowest BCUT2D eigenvalue weighted by Crippen LogP contribution is -2.24. The van der Waals surface area contributed by atoms with Crippen LogP contribution in [-0.4, -0.2) is 10.9 Å². The second-order valence-corrected chi connectivity index (χ2v) is 3.27. The van der Waals surface area contributed by atoms with Crippen molar-refractivity contribution in [2.45, 2.75) is 26.3 Å². The van der Waals surface area contributed by atoms with Gasteiger partial charge in [-0.15, -0.1) is 4.91 Å². The van der Waals surface area contributed by atoms with Crippen LogP contribution in [-0.2, 0) is 11.3 Å². The third-order valence-electron chi connectivity index (χ3n) is 2.03. The fourth-order valence-electron chi connectivity index (χ4n) is 1.26. The van der Waals surface area contributed by atoms with E-state index in [1.807, 2.05) is 37.3 Å². The average molecular weight is 206 g/mol. The Morgan fingerprint density at radius 1 is 1.33 bits per heavy atom. The van der Waals surface area contributed by atoms with Gasteiger partial charge in [0.05, 0.1) is 11.8 Å². The Balaban J connectivity index is 2.62. The van der Waals surface area contributed by atoms with E-state index in [-0.39, 0.29) is 12.5 Å². The molecule has 15 heavy (non-hydrogen) atoms. The molecule has 0 radical (unpaired) electrons. The van der Waals surface area contributed by atoms with Crippen molar-refractivity contribution in [2.24, 2.45) is 5.29 Å². The molecule has 0 aromatic heterocycles. The molecule has 0 N–H and O–H groups in total. The molecule has 0 heterocycles. The highest BCUT2D eigenvalue weighted by molar-refractivity contribution is 5.75. The second-order valence-electron chi connectivity index (χ2n) is 3.27. The lowest BCUT2D eigenvalue weighted by Gasteiger charge is -2.12. The Labute approximate surface area is 88.8 Å². The molecular formula is C11H14N2O2. The van der Waals surface area contributed by atoms with Gasteiger partial charge in [-0.1, -0.05) is 37.3 Å². The Kier molecular flexibility index (Phi) is 4.47. The van der Waals surface area contributed by atoms with Gasteiger partial charge >= 0.3 is 0 Å². The second kappa shape index (κ2) is 5.90. The van der Waals surface area contributed by atoms with Crippen LogP contribution in [0.5, 0.6) is 0 Å². The molecule has 0 spiro atoms. The van der Waals surface area contributed by atoms with E-state index in [9.17, 15) is 9.70 Å². The summed E-state index contributed by atoms with van der Waals surface area (Å²) >= 11 is 0. The van der Waals surface area contributed by atoms with Crippen LogP contribution in [0.2, 0.25) is 0 Å². The first-order chi connectivity index (χ1) is 7.27. The molecule has 1 aromatic carbocycles. The Bertz CT molecular complexity index is 325. The van der Waals surface area contributed by atoms with E-state index in [0.717, 1.165) is 17.0 Å². The normalized spacial score (nSPS) is 9.67. The summed E-state index contributed by atoms with van der Waals surface area (Å²) in [5.41, 5.74) is 0.904. The summed E-state index contributed by atoms with van der Waals surface area (Å²) in [5.74, 6) is -0.226. The first-order valence-electron chi connectivity index (χ1n) is 4.95. The zero-order chi connectivity index (χ0) is 11.1. The number of rotatable bonds is 5. The lowest BCUT2D eigenvalue weighted by atomic mass is 10.2. The van der Waals surface area contributed by atoms with Crippen molar-refractivity contribution in [2.75, 3.05) is 0 Å². The van der Waals surface area contributed by atoms with E-state index in [0.29, 0.717) is 6.42 Å². The van der Waals surface area contributed by atoms with Crippen molar-refractivity contribution in [3.63, 3.8) is 0 Å². The molecule has 1 rings (SSSR count). The number of carbonyl (C=O) groups is 1. The van der Waals surface area contributed by atoms with E-state index in [1.165, 1.54) is 0 Å². The van der Waals surface area contributed by atoms with Gasteiger partial charge in [0.25, 0.3) is 0 Å². The van der Waals surface area contributed by atoms with Crippen LogP contribution >= 0.6 is 0 Å². The molecular weight excluding hydrogens is 192 g/mol. The third-order valence-corrected chi connectivity index (χ3v) is 2.03. The highest BCUT2D eigenvalue weighted by Crippen LogP contribution is 2.07. The van der Waals surface area contributed by atoms with Gasteiger partial charge in [0, 0.05) is 6.42 Å². The van der Waals surface area contributed by atoms with Crippen LogP contribution in [0.3, 0.4) is 0 Å². The Morgan fingerprint density at radius 3 is 2.53 bits per heavy atom. The van der Waals surface area contributed by atoms with Gasteiger partial charge in [-0.25, -0.2) is 0 Å². The largest absolute Gasteiger partial charge is 0.273 e. The van der Waals surface area contributed by atoms with E-state index in [2.05, 4.69) is 5.29 Å². The topological polar surface area (TPSA) is 49.7 Å². The van der Waals surface area contributed by atoms with Crippen molar-refractivity contribution in [1.29, 1.82) is 0 Å². The van der Waals surface area contributed by atoms with Gasteiger partial charge < -0.3 is 0 Å². The molecule has 0 saturated carbocycles. The molecule has 80 valence electrons. The van der Waals surface area contributed by atoms with Gasteiger partial charge in [-0.05, 0) is 12.0 Å². The summed E-state index contributed by atoms with van der Waals surface area (Å²) in [7, 11) is 0. The molecule has 0 aliphatic carbocycles. The zero-order valence-electron chi connectivity index (χ0n) is 8.72. The molecule has 0 atom stereocenters. The molecule has 0 saturated heterocycles. The first kappa shape index (κ1) is 11.4. The highest BCUT2D eigenvalue weighted by Gasteiger charge is 2.12. The zero-order valence-corrected chi connectivity index (χ0v) is 8.72. The molecule has 0 bridgehead atoms. The van der Waals surface area contributed by atoms with E-state index in [4.69, 9.17) is 0 Å². The van der Waals surface area contributed by atoms with Gasteiger partial charge in [-0.2, -0.15) is 5.01 Å². The first-order valence-corrected chi connectivity index (χ1v) is 4.95. The SMILES string of the molecule is CCCC(=O)N(Cc1ccccc1)N=O. The Hall–Kier alpha value is -1.71. The van der Waals surface area contributed by atoms with Crippen LogP contribution in [0.25, 0.3) is 0 Å². The minimum absolute atomic E-state index is 0.226. The quantitative estimate of drug-likeness (QED) is 0.549. The highest BCUT2D eigenvalue weighted by atomic mass is 16.3. The maximum atomic E-state index is 11.4. The van der Waals surface area contributed by atoms with Crippen LogP contribution in [0.15, 0.2) is 35.6 Å². The standard InChI is InChI=1S/C11H14N2O2/c1-2-6-11(14)13(12-15)9-10-7-4-3-5-8-10/h3-5,7-8H,2,6,9H2,1H3. The van der Waals surface area contributed by atoms with Crippen molar-refractivity contribution in [3.05, 3.63) is 40.8 Å². The number of amides is 1. The molecule has 0 aliphatic heterocycles. The number of benzene rings is 1. The number of nitrogens with zero attached hydrogens (tertiary/aromatic N) is 2. The minimum Gasteiger partial charge on any atom is -0.273 e. The predicted octanol–water partition coefficient (Wildman–Crippen LogP) is 2.50. The molecule has 4 heteroatoms. The number of hydrogen-bond acceptors (Lipinski definition) is 3. The summed E-state index contributed by atoms with van der Waals surface area (Å²) in [4.78, 5) is 21.9. The predicted molar refractivity (Wildman–Crippen MR) is 57.7 cm³/mol. The summed E-state index contributed by atoms with van der Waals surface area (Å²) in [6.07, 6.45) is 1.08. The molecule has 1 aromatic rings. The lowest BCUT2D eigenvalue weighted by molar-refractivity contribution is -0.132. The Morgan fingerprint density at radius 2 is 2.00 bits per heavy atom. The third kappa shape index (κ3) is 3.50. The van der Waals surface area contributed by atoms with Crippen LogP contribution < -0.4 is 0 Å². The number of carbonyl (C=O) groups excluding carboxylic acids is 1. The molecule has 4 nitrogen and oxygen atoms in total. The summed E-state index contributed by atoms with van der Waals surface area (Å²) in [6, 6.07) is 9.33. The summed E-state index contributed by atoms with van der Waals surface area (Å²) < 4.78 is 0. The summed E-state index contributed by atoms with van der Waals surface area (Å²) in [5, 5.41) is 3.71. The summed E-state index contributed by atoms with van der Waals surface area (Å²) in [6.45, 7) is 2.15. The van der Waals surface area contributed by atoms with Gasteiger partial charge in [0.15, 0.2) is 0 Å². The van der Waals surface area contributed by atoms with E-state index < -0.39 is 0 Å². The average Bonchev–Trinajstić information content (AvgIpc) is 2.27. The molecule has 1 amide bonds. The van der Waals surface area contributed by atoms with Gasteiger partial charge in [0.2, 0.25) is 5.91 Å². The monoisotopic (exact) mass is 206 g/mol. The molecule has 0 unspecified atom stereocenters.